The van der Waals surface area contributed by atoms with Crippen LogP contribution in [0.2, 0.25) is 0 Å². The maximum Gasteiger partial charge on any atom is 0.410 e. The highest BCUT2D eigenvalue weighted by atomic mass is 19.4. The molecule has 4 bridgehead atoms. The van der Waals surface area contributed by atoms with Crippen LogP contribution in [-0.2, 0) is 0 Å². The first kappa shape index (κ1) is 22.7. The minimum Gasteiger partial charge on any atom is -0.497 e. The van der Waals surface area contributed by atoms with Crippen molar-refractivity contribution < 1.29 is 22.7 Å². The number of amides is 1. The molecule has 0 unspecified atom stereocenters. The molecule has 6 nitrogen and oxygen atoms in total. The van der Waals surface area contributed by atoms with Gasteiger partial charge in [-0.2, -0.15) is 18.3 Å². The summed E-state index contributed by atoms with van der Waals surface area (Å²) in [5.74, 6) is 2.62. The van der Waals surface area contributed by atoms with Crippen LogP contribution in [0.25, 0.3) is 0 Å². The predicted octanol–water partition coefficient (Wildman–Crippen LogP) is 5.50. The number of alkyl halides is 3. The number of methoxy groups -OCH3 is 1. The fourth-order valence-corrected chi connectivity index (χ4v) is 7.68. The van der Waals surface area contributed by atoms with Gasteiger partial charge in [-0.3, -0.25) is 4.79 Å². The van der Waals surface area contributed by atoms with Crippen molar-refractivity contribution in [2.75, 3.05) is 19.0 Å². The minimum absolute atomic E-state index is 0.120. The van der Waals surface area contributed by atoms with Gasteiger partial charge in [0, 0.05) is 13.0 Å². The molecule has 0 saturated heterocycles. The number of halogens is 3. The Kier molecular flexibility index (Phi) is 5.30. The lowest BCUT2D eigenvalue weighted by Gasteiger charge is -2.56. The SMILES string of the molecule is COc1cccc([C@@H]2C[C@@H](C(F)(F)F)n3ncc(C(=O)NCC45CC6CC(CC(C6)C4)C5)c3N2)c1. The molecule has 7 rings (SSSR count). The highest BCUT2D eigenvalue weighted by molar-refractivity contribution is 5.99. The van der Waals surface area contributed by atoms with Crippen LogP contribution in [0.4, 0.5) is 19.0 Å². The van der Waals surface area contributed by atoms with Gasteiger partial charge in [0.05, 0.1) is 19.3 Å². The molecule has 2 heterocycles. The van der Waals surface area contributed by atoms with Crippen molar-refractivity contribution in [3.63, 3.8) is 0 Å². The molecule has 35 heavy (non-hydrogen) atoms. The van der Waals surface area contributed by atoms with Crippen LogP contribution in [0.15, 0.2) is 30.5 Å². The number of fused-ring (bicyclic) bond motifs is 1. The van der Waals surface area contributed by atoms with E-state index in [0.29, 0.717) is 17.9 Å². The van der Waals surface area contributed by atoms with E-state index in [0.717, 1.165) is 41.7 Å². The molecule has 1 amide bonds. The van der Waals surface area contributed by atoms with Crippen molar-refractivity contribution in [1.29, 1.82) is 0 Å². The highest BCUT2D eigenvalue weighted by Gasteiger charge is 2.51. The fraction of sp³-hybridized carbons (Fsp3) is 0.615. The molecular formula is C26H31F3N4O2. The van der Waals surface area contributed by atoms with Crippen molar-refractivity contribution >= 4 is 11.7 Å². The zero-order valence-electron chi connectivity index (χ0n) is 19.8. The van der Waals surface area contributed by atoms with Crippen LogP contribution in [-0.4, -0.2) is 35.5 Å². The normalized spacial score (nSPS) is 33.2. The monoisotopic (exact) mass is 488 g/mol. The Morgan fingerprint density at radius 2 is 1.86 bits per heavy atom. The van der Waals surface area contributed by atoms with E-state index in [1.807, 2.05) is 0 Å². The Bertz CT molecular complexity index is 1090. The van der Waals surface area contributed by atoms with Gasteiger partial charge in [-0.15, -0.1) is 0 Å². The molecule has 0 spiro atoms. The molecule has 4 fully saturated rings. The van der Waals surface area contributed by atoms with Crippen LogP contribution in [0.1, 0.15) is 73.0 Å². The summed E-state index contributed by atoms with van der Waals surface area (Å²) in [4.78, 5) is 13.3. The standard InChI is InChI=1S/C26H31F3N4O2/c1-35-19-4-2-3-18(8-19)21-9-22(26(27,28)29)33-23(32-21)20(13-31-33)24(34)30-14-25-10-15-5-16(11-25)7-17(6-15)12-25/h2-4,8,13,15-17,21-22,32H,5-7,9-12,14H2,1H3,(H,30,34)/t15?,16?,17?,21-,22-,25?/m0/s1. The number of ether oxygens (including phenoxy) is 1. The number of rotatable bonds is 5. The van der Waals surface area contributed by atoms with Gasteiger partial charge in [0.1, 0.15) is 17.1 Å². The second kappa shape index (κ2) is 8.17. The van der Waals surface area contributed by atoms with Gasteiger partial charge in [-0.05, 0) is 79.4 Å². The smallest absolute Gasteiger partial charge is 0.410 e. The van der Waals surface area contributed by atoms with Gasteiger partial charge < -0.3 is 15.4 Å². The van der Waals surface area contributed by atoms with E-state index >= 15 is 0 Å². The molecule has 1 aromatic heterocycles. The third-order valence-electron chi connectivity index (χ3n) is 8.77. The van der Waals surface area contributed by atoms with Crippen molar-refractivity contribution in [2.45, 2.75) is 63.2 Å². The summed E-state index contributed by atoms with van der Waals surface area (Å²) in [5, 5.41) is 10.3. The van der Waals surface area contributed by atoms with Crippen molar-refractivity contribution in [1.82, 2.24) is 15.1 Å². The zero-order valence-corrected chi connectivity index (χ0v) is 19.8. The summed E-state index contributed by atoms with van der Waals surface area (Å²) in [6, 6.07) is 4.55. The molecule has 1 aliphatic heterocycles. The third-order valence-corrected chi connectivity index (χ3v) is 8.77. The predicted molar refractivity (Wildman–Crippen MR) is 124 cm³/mol. The van der Waals surface area contributed by atoms with Crippen LogP contribution < -0.4 is 15.4 Å². The Labute approximate surface area is 202 Å². The van der Waals surface area contributed by atoms with Crippen LogP contribution in [0, 0.1) is 23.2 Å². The van der Waals surface area contributed by atoms with E-state index in [1.54, 1.807) is 24.3 Å². The van der Waals surface area contributed by atoms with Crippen molar-refractivity contribution in [3.05, 3.63) is 41.6 Å². The third kappa shape index (κ3) is 4.06. The Morgan fingerprint density at radius 3 is 2.49 bits per heavy atom. The van der Waals surface area contributed by atoms with Gasteiger partial charge >= 0.3 is 6.18 Å². The lowest BCUT2D eigenvalue weighted by Crippen LogP contribution is -2.51. The second-order valence-corrected chi connectivity index (χ2v) is 11.2. The highest BCUT2D eigenvalue weighted by Crippen LogP contribution is 2.59. The lowest BCUT2D eigenvalue weighted by atomic mass is 9.49. The van der Waals surface area contributed by atoms with E-state index in [-0.39, 0.29) is 29.1 Å². The average Bonchev–Trinajstić information content (AvgIpc) is 3.24. The molecule has 0 radical (unpaired) electrons. The fourth-order valence-electron chi connectivity index (χ4n) is 7.68. The molecule has 5 aliphatic rings. The van der Waals surface area contributed by atoms with Gasteiger partial charge in [-0.25, -0.2) is 4.68 Å². The maximum absolute atomic E-state index is 14.0. The number of anilines is 1. The first-order chi connectivity index (χ1) is 16.7. The van der Waals surface area contributed by atoms with Crippen LogP contribution >= 0.6 is 0 Å². The Balaban J connectivity index is 1.25. The average molecular weight is 489 g/mol. The topological polar surface area (TPSA) is 68.2 Å². The van der Waals surface area contributed by atoms with Gasteiger partial charge in [0.2, 0.25) is 0 Å². The second-order valence-electron chi connectivity index (χ2n) is 11.2. The number of benzene rings is 1. The molecule has 4 aliphatic carbocycles. The van der Waals surface area contributed by atoms with E-state index in [4.69, 9.17) is 4.74 Å². The van der Waals surface area contributed by atoms with E-state index < -0.39 is 18.3 Å². The summed E-state index contributed by atoms with van der Waals surface area (Å²) in [7, 11) is 1.52. The van der Waals surface area contributed by atoms with E-state index in [1.165, 1.54) is 32.6 Å². The summed E-state index contributed by atoms with van der Waals surface area (Å²) >= 11 is 0. The van der Waals surface area contributed by atoms with Crippen molar-refractivity contribution in [3.8, 4) is 5.75 Å². The first-order valence-corrected chi connectivity index (χ1v) is 12.6. The number of carbonyl (C=O) groups excluding carboxylic acids is 1. The quantitative estimate of drug-likeness (QED) is 0.583. The van der Waals surface area contributed by atoms with E-state index in [9.17, 15) is 18.0 Å². The molecule has 2 atom stereocenters. The zero-order chi connectivity index (χ0) is 24.4. The van der Waals surface area contributed by atoms with E-state index in [2.05, 4.69) is 15.7 Å². The maximum atomic E-state index is 14.0. The Morgan fingerprint density at radius 1 is 1.17 bits per heavy atom. The van der Waals surface area contributed by atoms with Gasteiger partial charge in [0.15, 0.2) is 6.04 Å². The molecule has 188 valence electrons. The molecule has 1 aromatic carbocycles. The molecule has 4 saturated carbocycles. The first-order valence-electron chi connectivity index (χ1n) is 12.6. The number of hydrogen-bond donors (Lipinski definition) is 2. The van der Waals surface area contributed by atoms with Gasteiger partial charge in [0.25, 0.3) is 5.91 Å². The number of aromatic nitrogens is 2. The summed E-state index contributed by atoms with van der Waals surface area (Å²) < 4.78 is 48.2. The number of carbonyl (C=O) groups is 1. The number of hydrogen-bond acceptors (Lipinski definition) is 4. The molecule has 2 N–H and O–H groups in total. The van der Waals surface area contributed by atoms with Crippen LogP contribution in [0.3, 0.4) is 0 Å². The molecular weight excluding hydrogens is 457 g/mol. The number of nitrogens with zero attached hydrogens (tertiary/aromatic N) is 2. The Hall–Kier alpha value is -2.71. The van der Waals surface area contributed by atoms with Crippen molar-refractivity contribution in [2.24, 2.45) is 23.2 Å². The lowest BCUT2D eigenvalue weighted by molar-refractivity contribution is -0.173. The molecule has 9 heteroatoms. The minimum atomic E-state index is -4.49. The van der Waals surface area contributed by atoms with Crippen LogP contribution in [0.5, 0.6) is 5.75 Å². The summed E-state index contributed by atoms with van der Waals surface area (Å²) in [5.41, 5.74) is 0.977. The largest absolute Gasteiger partial charge is 0.497 e. The summed E-state index contributed by atoms with van der Waals surface area (Å²) in [6.45, 7) is 0.585. The molecule has 2 aromatic rings. The summed E-state index contributed by atoms with van der Waals surface area (Å²) in [6.07, 6.45) is 3.96. The van der Waals surface area contributed by atoms with Gasteiger partial charge in [-0.1, -0.05) is 12.1 Å². The number of nitrogens with one attached hydrogen (secondary N) is 2.